The van der Waals surface area contributed by atoms with Crippen LogP contribution in [0.1, 0.15) is 19.4 Å². The van der Waals surface area contributed by atoms with Gasteiger partial charge < -0.3 is 25.4 Å². The zero-order valence-electron chi connectivity index (χ0n) is 14.6. The SMILES string of the molecule is CC(C)Nc1nc(NCCO)nc(N2CCOc3ccccc3C2)n1. The zero-order chi connectivity index (χ0) is 17.6. The van der Waals surface area contributed by atoms with Gasteiger partial charge in [0.2, 0.25) is 17.8 Å². The minimum Gasteiger partial charge on any atom is -0.491 e. The Kier molecular flexibility index (Phi) is 5.49. The topological polar surface area (TPSA) is 95.4 Å². The van der Waals surface area contributed by atoms with Crippen LogP contribution in [0.15, 0.2) is 24.3 Å². The highest BCUT2D eigenvalue weighted by Gasteiger charge is 2.19. The maximum atomic E-state index is 9.03. The summed E-state index contributed by atoms with van der Waals surface area (Å²) in [6.07, 6.45) is 0. The second kappa shape index (κ2) is 7.98. The molecule has 0 unspecified atom stereocenters. The van der Waals surface area contributed by atoms with Gasteiger partial charge in [-0.2, -0.15) is 15.0 Å². The Morgan fingerprint density at radius 2 is 2.00 bits per heavy atom. The molecule has 3 N–H and O–H groups in total. The van der Waals surface area contributed by atoms with Gasteiger partial charge in [-0.3, -0.25) is 0 Å². The number of anilines is 3. The van der Waals surface area contributed by atoms with E-state index in [1.807, 2.05) is 38.1 Å². The molecule has 8 nitrogen and oxygen atoms in total. The molecule has 1 aromatic heterocycles. The number of nitrogens with zero attached hydrogens (tertiary/aromatic N) is 4. The van der Waals surface area contributed by atoms with E-state index in [9.17, 15) is 0 Å². The highest BCUT2D eigenvalue weighted by Crippen LogP contribution is 2.25. The average molecular weight is 344 g/mol. The lowest BCUT2D eigenvalue weighted by Crippen LogP contribution is -2.28. The summed E-state index contributed by atoms with van der Waals surface area (Å²) in [7, 11) is 0. The molecule has 8 heteroatoms. The van der Waals surface area contributed by atoms with Gasteiger partial charge in [-0.05, 0) is 19.9 Å². The lowest BCUT2D eigenvalue weighted by Gasteiger charge is -2.21. The number of aliphatic hydroxyl groups is 1. The minimum atomic E-state index is 0.0128. The van der Waals surface area contributed by atoms with Crippen LogP contribution in [-0.2, 0) is 6.54 Å². The molecule has 1 aliphatic rings. The second-order valence-electron chi connectivity index (χ2n) is 6.11. The molecule has 0 spiro atoms. The Morgan fingerprint density at radius 3 is 2.80 bits per heavy atom. The highest BCUT2D eigenvalue weighted by molar-refractivity contribution is 5.46. The van der Waals surface area contributed by atoms with Crippen molar-refractivity contribution >= 4 is 17.8 Å². The van der Waals surface area contributed by atoms with E-state index in [2.05, 4.69) is 30.5 Å². The molecule has 2 heterocycles. The molecule has 0 amide bonds. The third-order valence-electron chi connectivity index (χ3n) is 3.67. The van der Waals surface area contributed by atoms with Gasteiger partial charge in [0, 0.05) is 24.7 Å². The van der Waals surface area contributed by atoms with Crippen molar-refractivity contribution in [3.05, 3.63) is 29.8 Å². The Hall–Kier alpha value is -2.61. The van der Waals surface area contributed by atoms with Crippen molar-refractivity contribution < 1.29 is 9.84 Å². The molecular formula is C17H24N6O2. The van der Waals surface area contributed by atoms with Gasteiger partial charge in [0.1, 0.15) is 12.4 Å². The first-order chi connectivity index (χ1) is 12.2. The fourth-order valence-corrected chi connectivity index (χ4v) is 2.57. The lowest BCUT2D eigenvalue weighted by molar-refractivity contribution is 0.311. The summed E-state index contributed by atoms with van der Waals surface area (Å²) in [6, 6.07) is 8.20. The average Bonchev–Trinajstić information content (AvgIpc) is 2.81. The third-order valence-corrected chi connectivity index (χ3v) is 3.67. The Bertz CT molecular complexity index is 709. The van der Waals surface area contributed by atoms with Gasteiger partial charge in [-0.15, -0.1) is 0 Å². The molecule has 1 aromatic carbocycles. The number of rotatable bonds is 6. The molecule has 0 aliphatic carbocycles. The first-order valence-electron chi connectivity index (χ1n) is 8.48. The summed E-state index contributed by atoms with van der Waals surface area (Å²) in [5, 5.41) is 15.3. The predicted molar refractivity (Wildman–Crippen MR) is 97.1 cm³/mol. The van der Waals surface area contributed by atoms with E-state index in [1.165, 1.54) is 0 Å². The summed E-state index contributed by atoms with van der Waals surface area (Å²) in [4.78, 5) is 15.5. The summed E-state index contributed by atoms with van der Waals surface area (Å²) in [5.41, 5.74) is 1.10. The van der Waals surface area contributed by atoms with E-state index in [4.69, 9.17) is 9.84 Å². The van der Waals surface area contributed by atoms with Crippen LogP contribution >= 0.6 is 0 Å². The van der Waals surface area contributed by atoms with Crippen LogP contribution in [0.2, 0.25) is 0 Å². The molecule has 1 aliphatic heterocycles. The van der Waals surface area contributed by atoms with E-state index in [0.29, 0.717) is 44.1 Å². The maximum Gasteiger partial charge on any atom is 0.232 e. The van der Waals surface area contributed by atoms with Crippen molar-refractivity contribution in [3.63, 3.8) is 0 Å². The molecule has 3 rings (SSSR count). The van der Waals surface area contributed by atoms with Crippen molar-refractivity contribution in [1.82, 2.24) is 15.0 Å². The molecule has 0 atom stereocenters. The summed E-state index contributed by atoms with van der Waals surface area (Å²) < 4.78 is 5.81. The van der Waals surface area contributed by atoms with Crippen molar-refractivity contribution in [2.45, 2.75) is 26.4 Å². The monoisotopic (exact) mass is 344 g/mol. The normalized spacial score (nSPS) is 13.8. The molecule has 0 radical (unpaired) electrons. The number of hydrogen-bond donors (Lipinski definition) is 3. The Morgan fingerprint density at radius 1 is 1.20 bits per heavy atom. The van der Waals surface area contributed by atoms with Gasteiger partial charge in [-0.25, -0.2) is 0 Å². The van der Waals surface area contributed by atoms with Gasteiger partial charge >= 0.3 is 0 Å². The van der Waals surface area contributed by atoms with Crippen molar-refractivity contribution in [2.75, 3.05) is 41.8 Å². The molecule has 0 saturated carbocycles. The molecule has 2 aromatic rings. The Labute approximate surface area is 147 Å². The van der Waals surface area contributed by atoms with Crippen LogP contribution in [0, 0.1) is 0 Å². The van der Waals surface area contributed by atoms with Crippen molar-refractivity contribution in [1.29, 1.82) is 0 Å². The maximum absolute atomic E-state index is 9.03. The minimum absolute atomic E-state index is 0.0128. The van der Waals surface area contributed by atoms with Crippen LogP contribution in [0.5, 0.6) is 5.75 Å². The molecule has 134 valence electrons. The number of aromatic nitrogens is 3. The largest absolute Gasteiger partial charge is 0.491 e. The van der Waals surface area contributed by atoms with E-state index < -0.39 is 0 Å². The summed E-state index contributed by atoms with van der Waals surface area (Å²) in [5.74, 6) is 2.44. The van der Waals surface area contributed by atoms with Gasteiger partial charge in [0.05, 0.1) is 13.2 Å². The van der Waals surface area contributed by atoms with E-state index in [0.717, 1.165) is 11.3 Å². The Balaban J connectivity index is 1.89. The van der Waals surface area contributed by atoms with Crippen LogP contribution in [0.4, 0.5) is 17.8 Å². The van der Waals surface area contributed by atoms with Crippen molar-refractivity contribution in [3.8, 4) is 5.75 Å². The molecule has 0 fully saturated rings. The number of nitrogens with one attached hydrogen (secondary N) is 2. The zero-order valence-corrected chi connectivity index (χ0v) is 14.6. The molecular weight excluding hydrogens is 320 g/mol. The first kappa shape index (κ1) is 17.2. The number of para-hydroxylation sites is 1. The first-order valence-corrected chi connectivity index (χ1v) is 8.48. The van der Waals surface area contributed by atoms with Gasteiger partial charge in [0.25, 0.3) is 0 Å². The van der Waals surface area contributed by atoms with E-state index in [-0.39, 0.29) is 12.6 Å². The summed E-state index contributed by atoms with van der Waals surface area (Å²) >= 11 is 0. The molecule has 25 heavy (non-hydrogen) atoms. The second-order valence-corrected chi connectivity index (χ2v) is 6.11. The lowest BCUT2D eigenvalue weighted by atomic mass is 10.2. The predicted octanol–water partition coefficient (Wildman–Crippen LogP) is 1.50. The fourth-order valence-electron chi connectivity index (χ4n) is 2.57. The molecule has 0 bridgehead atoms. The number of benzene rings is 1. The highest BCUT2D eigenvalue weighted by atomic mass is 16.5. The van der Waals surface area contributed by atoms with Crippen LogP contribution in [-0.4, -0.2) is 52.4 Å². The van der Waals surface area contributed by atoms with E-state index >= 15 is 0 Å². The van der Waals surface area contributed by atoms with Gasteiger partial charge in [0.15, 0.2) is 0 Å². The third kappa shape index (κ3) is 4.48. The number of hydrogen-bond acceptors (Lipinski definition) is 8. The number of aliphatic hydroxyl groups excluding tert-OH is 1. The van der Waals surface area contributed by atoms with Crippen molar-refractivity contribution in [2.24, 2.45) is 0 Å². The van der Waals surface area contributed by atoms with Crippen LogP contribution in [0.25, 0.3) is 0 Å². The van der Waals surface area contributed by atoms with Crippen LogP contribution < -0.4 is 20.3 Å². The smallest absolute Gasteiger partial charge is 0.232 e. The summed E-state index contributed by atoms with van der Waals surface area (Å²) in [6.45, 7) is 6.37. The molecule has 0 saturated heterocycles. The fraction of sp³-hybridized carbons (Fsp3) is 0.471. The standard InChI is InChI=1S/C17H24N6O2/c1-12(2)19-16-20-15(18-7-9-24)21-17(22-16)23-8-10-25-14-6-4-3-5-13(14)11-23/h3-6,12,24H,7-11H2,1-2H3,(H2,18,19,20,21,22). The quantitative estimate of drug-likeness (QED) is 0.725. The van der Waals surface area contributed by atoms with E-state index in [1.54, 1.807) is 0 Å². The number of fused-ring (bicyclic) bond motifs is 1. The van der Waals surface area contributed by atoms with Gasteiger partial charge in [-0.1, -0.05) is 18.2 Å². The number of ether oxygens (including phenoxy) is 1. The van der Waals surface area contributed by atoms with Crippen LogP contribution in [0.3, 0.4) is 0 Å².